The third kappa shape index (κ3) is 6.48. The van der Waals surface area contributed by atoms with Gasteiger partial charge >= 0.3 is 5.69 Å². The van der Waals surface area contributed by atoms with Gasteiger partial charge in [-0.05, 0) is 78.7 Å². The van der Waals surface area contributed by atoms with Crippen LogP contribution in [0.15, 0.2) is 83.7 Å². The molecule has 0 spiro atoms. The lowest BCUT2D eigenvalue weighted by atomic mass is 10.1. The molecule has 8 heteroatoms. The number of rotatable bonds is 9. The lowest BCUT2D eigenvalue weighted by Crippen LogP contribution is -2.32. The number of aromatic amines is 1. The zero-order valence-corrected chi connectivity index (χ0v) is 19.2. The first-order valence-electron chi connectivity index (χ1n) is 11.1. The molecule has 0 unspecified atom stereocenters. The first-order chi connectivity index (χ1) is 17.0. The van der Waals surface area contributed by atoms with Crippen LogP contribution in [0.5, 0.6) is 17.2 Å². The molecule has 8 nitrogen and oxygen atoms in total. The number of hydrogen-bond donors (Lipinski definition) is 3. The van der Waals surface area contributed by atoms with E-state index in [0.717, 1.165) is 16.9 Å². The van der Waals surface area contributed by atoms with Gasteiger partial charge in [-0.25, -0.2) is 4.79 Å². The Morgan fingerprint density at radius 2 is 1.66 bits per heavy atom. The molecule has 4 aromatic rings. The minimum atomic E-state index is -0.475. The van der Waals surface area contributed by atoms with Crippen molar-refractivity contribution in [2.75, 3.05) is 19.8 Å². The SMILES string of the molecule is Cc1cc(-c2cc(-c3ccc(OCC(=O)NCCOc4ccccc4)cc3)[nH]c(=O)n2)ccc1O. The van der Waals surface area contributed by atoms with Crippen molar-refractivity contribution in [2.45, 2.75) is 6.92 Å². The second-order valence-electron chi connectivity index (χ2n) is 7.81. The zero-order chi connectivity index (χ0) is 24.6. The highest BCUT2D eigenvalue weighted by molar-refractivity contribution is 5.77. The van der Waals surface area contributed by atoms with Gasteiger partial charge in [0, 0.05) is 5.56 Å². The molecule has 0 radical (unpaired) electrons. The molecule has 0 fully saturated rings. The quantitative estimate of drug-likeness (QED) is 0.321. The molecule has 3 N–H and O–H groups in total. The Balaban J connectivity index is 1.32. The van der Waals surface area contributed by atoms with Crippen LogP contribution < -0.4 is 20.5 Å². The molecule has 0 saturated carbocycles. The number of aryl methyl sites for hydroxylation is 1. The van der Waals surface area contributed by atoms with Crippen molar-refractivity contribution in [2.24, 2.45) is 0 Å². The standard InChI is InChI=1S/C27H25N3O5/c1-18-15-20(9-12-25(18)31)24-16-23(29-27(33)30-24)19-7-10-22(11-8-19)35-17-26(32)28-13-14-34-21-5-3-2-4-6-21/h2-12,15-16,31H,13-14,17H2,1H3,(H,28,32)(H,29,30,33). The third-order valence-corrected chi connectivity index (χ3v) is 5.21. The van der Waals surface area contributed by atoms with E-state index in [0.29, 0.717) is 35.9 Å². The van der Waals surface area contributed by atoms with Crippen molar-refractivity contribution < 1.29 is 19.4 Å². The summed E-state index contributed by atoms with van der Waals surface area (Å²) in [6, 6.07) is 23.2. The van der Waals surface area contributed by atoms with Gasteiger partial charge in [-0.1, -0.05) is 18.2 Å². The number of hydrogen-bond acceptors (Lipinski definition) is 6. The molecule has 0 aliphatic rings. The molecule has 1 heterocycles. The Kier molecular flexibility index (Phi) is 7.42. The van der Waals surface area contributed by atoms with Crippen molar-refractivity contribution in [1.29, 1.82) is 0 Å². The average molecular weight is 472 g/mol. The molecular weight excluding hydrogens is 446 g/mol. The smallest absolute Gasteiger partial charge is 0.345 e. The summed E-state index contributed by atoms with van der Waals surface area (Å²) < 4.78 is 11.1. The van der Waals surface area contributed by atoms with Crippen LogP contribution in [0.1, 0.15) is 5.56 Å². The maximum absolute atomic E-state index is 12.1. The van der Waals surface area contributed by atoms with Gasteiger partial charge in [-0.3, -0.25) is 4.79 Å². The number of carbonyl (C=O) groups is 1. The minimum absolute atomic E-state index is 0.124. The van der Waals surface area contributed by atoms with E-state index in [-0.39, 0.29) is 18.3 Å². The van der Waals surface area contributed by atoms with Gasteiger partial charge in [-0.15, -0.1) is 0 Å². The van der Waals surface area contributed by atoms with E-state index in [1.807, 2.05) is 30.3 Å². The summed E-state index contributed by atoms with van der Waals surface area (Å²) in [5.74, 6) is 1.20. The van der Waals surface area contributed by atoms with Crippen LogP contribution in [-0.2, 0) is 4.79 Å². The highest BCUT2D eigenvalue weighted by Gasteiger charge is 2.09. The normalized spacial score (nSPS) is 10.5. The van der Waals surface area contributed by atoms with Crippen molar-refractivity contribution in [3.63, 3.8) is 0 Å². The lowest BCUT2D eigenvalue weighted by Gasteiger charge is -2.10. The van der Waals surface area contributed by atoms with Crippen LogP contribution in [0, 0.1) is 6.92 Å². The van der Waals surface area contributed by atoms with Crippen LogP contribution >= 0.6 is 0 Å². The molecule has 0 aliphatic heterocycles. The van der Waals surface area contributed by atoms with E-state index in [2.05, 4.69) is 15.3 Å². The lowest BCUT2D eigenvalue weighted by molar-refractivity contribution is -0.123. The third-order valence-electron chi connectivity index (χ3n) is 5.21. The fourth-order valence-corrected chi connectivity index (χ4v) is 3.38. The number of nitrogens with one attached hydrogen (secondary N) is 2. The topological polar surface area (TPSA) is 114 Å². The number of phenols is 1. The molecule has 0 bridgehead atoms. The van der Waals surface area contributed by atoms with Gasteiger partial charge in [0.1, 0.15) is 23.9 Å². The van der Waals surface area contributed by atoms with Crippen LogP contribution in [0.25, 0.3) is 22.5 Å². The molecule has 0 atom stereocenters. The second-order valence-corrected chi connectivity index (χ2v) is 7.81. The molecule has 0 saturated heterocycles. The molecule has 0 aliphatic carbocycles. The van der Waals surface area contributed by atoms with E-state index in [9.17, 15) is 14.7 Å². The molecule has 178 valence electrons. The monoisotopic (exact) mass is 471 g/mol. The van der Waals surface area contributed by atoms with Crippen molar-refractivity contribution in [3.8, 4) is 39.8 Å². The molecule has 1 aromatic heterocycles. The Morgan fingerprint density at radius 1 is 0.943 bits per heavy atom. The first kappa shape index (κ1) is 23.6. The summed E-state index contributed by atoms with van der Waals surface area (Å²) in [5, 5.41) is 12.5. The van der Waals surface area contributed by atoms with Crippen molar-refractivity contribution in [1.82, 2.24) is 15.3 Å². The van der Waals surface area contributed by atoms with Crippen molar-refractivity contribution >= 4 is 5.91 Å². The average Bonchev–Trinajstić information content (AvgIpc) is 2.87. The minimum Gasteiger partial charge on any atom is -0.508 e. The van der Waals surface area contributed by atoms with E-state index in [4.69, 9.17) is 9.47 Å². The summed E-state index contributed by atoms with van der Waals surface area (Å²) in [7, 11) is 0. The maximum atomic E-state index is 12.1. The van der Waals surface area contributed by atoms with Gasteiger partial charge in [-0.2, -0.15) is 4.98 Å². The highest BCUT2D eigenvalue weighted by Crippen LogP contribution is 2.26. The summed E-state index contributed by atoms with van der Waals surface area (Å²) in [5.41, 5.74) is 2.80. The second kappa shape index (κ2) is 11.0. The number of amides is 1. The highest BCUT2D eigenvalue weighted by atomic mass is 16.5. The number of para-hydroxylation sites is 1. The van der Waals surface area contributed by atoms with Gasteiger partial charge in [0.2, 0.25) is 0 Å². The van der Waals surface area contributed by atoms with Crippen LogP contribution in [0.3, 0.4) is 0 Å². The molecule has 1 amide bonds. The van der Waals surface area contributed by atoms with Crippen LogP contribution in [-0.4, -0.2) is 40.7 Å². The molecule has 4 rings (SSSR count). The summed E-state index contributed by atoms with van der Waals surface area (Å²) in [6.45, 7) is 2.39. The van der Waals surface area contributed by atoms with Crippen molar-refractivity contribution in [3.05, 3.63) is 94.9 Å². The summed E-state index contributed by atoms with van der Waals surface area (Å²) >= 11 is 0. The van der Waals surface area contributed by atoms with Gasteiger partial charge in [0.25, 0.3) is 5.91 Å². The fourth-order valence-electron chi connectivity index (χ4n) is 3.38. The molecule has 3 aromatic carbocycles. The number of nitrogens with zero attached hydrogens (tertiary/aromatic N) is 1. The van der Waals surface area contributed by atoms with E-state index >= 15 is 0 Å². The fraction of sp³-hybridized carbons (Fsp3) is 0.148. The number of H-pyrrole nitrogens is 1. The maximum Gasteiger partial charge on any atom is 0.345 e. The van der Waals surface area contributed by atoms with E-state index in [1.54, 1.807) is 55.5 Å². The van der Waals surface area contributed by atoms with E-state index < -0.39 is 5.69 Å². The molecular formula is C27H25N3O5. The Bertz CT molecular complexity index is 1350. The van der Waals surface area contributed by atoms with Crippen LogP contribution in [0.2, 0.25) is 0 Å². The first-order valence-corrected chi connectivity index (χ1v) is 11.1. The van der Waals surface area contributed by atoms with Gasteiger partial charge in [0.15, 0.2) is 6.61 Å². The number of ether oxygens (including phenoxy) is 2. The number of phenolic OH excluding ortho intramolecular Hbond substituents is 1. The molecule has 35 heavy (non-hydrogen) atoms. The van der Waals surface area contributed by atoms with Gasteiger partial charge < -0.3 is 24.9 Å². The van der Waals surface area contributed by atoms with E-state index in [1.165, 1.54) is 0 Å². The predicted molar refractivity (Wildman–Crippen MR) is 133 cm³/mol. The Labute approximate surface area is 202 Å². The number of aromatic hydroxyl groups is 1. The largest absolute Gasteiger partial charge is 0.508 e. The van der Waals surface area contributed by atoms with Crippen LogP contribution in [0.4, 0.5) is 0 Å². The Hall–Kier alpha value is -4.59. The predicted octanol–water partition coefficient (Wildman–Crippen LogP) is 3.69. The summed E-state index contributed by atoms with van der Waals surface area (Å²) in [4.78, 5) is 30.9. The zero-order valence-electron chi connectivity index (χ0n) is 19.2. The number of carbonyl (C=O) groups excluding carboxylic acids is 1. The number of aromatic nitrogens is 2. The Morgan fingerprint density at radius 3 is 2.40 bits per heavy atom. The van der Waals surface area contributed by atoms with Gasteiger partial charge in [0.05, 0.1) is 17.9 Å². The summed E-state index contributed by atoms with van der Waals surface area (Å²) in [6.07, 6.45) is 0. The number of benzene rings is 3.